The normalized spacial score (nSPS) is 11.8. The Morgan fingerprint density at radius 1 is 0.973 bits per heavy atom. The summed E-state index contributed by atoms with van der Waals surface area (Å²) in [5, 5.41) is 9.18. The van der Waals surface area contributed by atoms with Crippen molar-refractivity contribution in [3.05, 3.63) is 83.0 Å². The number of alkyl halides is 3. The largest absolute Gasteiger partial charge is 0.478 e. The second-order valence-electron chi connectivity index (χ2n) is 9.32. The predicted molar refractivity (Wildman–Crippen MR) is 133 cm³/mol. The van der Waals surface area contributed by atoms with Gasteiger partial charge in [-0.25, -0.2) is 4.79 Å². The molecule has 1 amide bonds. The van der Waals surface area contributed by atoms with Gasteiger partial charge in [-0.3, -0.25) is 9.78 Å². The van der Waals surface area contributed by atoms with E-state index in [9.17, 15) is 27.9 Å². The van der Waals surface area contributed by atoms with Crippen LogP contribution in [0.15, 0.2) is 60.7 Å². The number of benzene rings is 2. The Kier molecular flexibility index (Phi) is 8.25. The summed E-state index contributed by atoms with van der Waals surface area (Å²) in [6, 6.07) is 15.4. The zero-order valence-corrected chi connectivity index (χ0v) is 21.1. The van der Waals surface area contributed by atoms with Gasteiger partial charge in [0, 0.05) is 24.8 Å². The highest BCUT2D eigenvalue weighted by molar-refractivity contribution is 5.79. The molecule has 0 unspecified atom stereocenters. The molecular formula is C28H29F3N2O4. The van der Waals surface area contributed by atoms with E-state index in [0.29, 0.717) is 35.7 Å². The van der Waals surface area contributed by atoms with Crippen LogP contribution < -0.4 is 4.74 Å². The van der Waals surface area contributed by atoms with E-state index in [4.69, 9.17) is 4.74 Å². The van der Waals surface area contributed by atoms with Crippen LogP contribution in [0.25, 0.3) is 11.3 Å². The number of halogens is 3. The first-order chi connectivity index (χ1) is 17.3. The van der Waals surface area contributed by atoms with E-state index in [1.165, 1.54) is 26.0 Å². The maximum absolute atomic E-state index is 12.8. The molecule has 0 saturated carbocycles. The lowest BCUT2D eigenvalue weighted by Crippen LogP contribution is -2.37. The third-order valence-corrected chi connectivity index (χ3v) is 6.02. The Morgan fingerprint density at radius 2 is 1.59 bits per heavy atom. The van der Waals surface area contributed by atoms with E-state index in [1.54, 1.807) is 43.1 Å². The molecule has 0 aliphatic heterocycles. The molecule has 1 aromatic heterocycles. The number of hydrogen-bond acceptors (Lipinski definition) is 4. The second kappa shape index (κ2) is 11.0. The smallest absolute Gasteiger partial charge is 0.416 e. The molecule has 6 nitrogen and oxygen atoms in total. The third kappa shape index (κ3) is 7.31. The molecule has 0 bridgehead atoms. The van der Waals surface area contributed by atoms with Crippen LogP contribution in [0.1, 0.15) is 36.2 Å². The van der Waals surface area contributed by atoms with Crippen molar-refractivity contribution in [2.24, 2.45) is 0 Å². The number of pyridine rings is 1. The van der Waals surface area contributed by atoms with E-state index in [-0.39, 0.29) is 12.3 Å². The van der Waals surface area contributed by atoms with E-state index in [0.717, 1.165) is 23.3 Å². The minimum atomic E-state index is -4.39. The number of carboxylic acids is 1. The van der Waals surface area contributed by atoms with E-state index in [1.807, 2.05) is 12.1 Å². The van der Waals surface area contributed by atoms with Gasteiger partial charge in [0.2, 0.25) is 5.91 Å². The number of aliphatic carboxylic acids is 1. The molecule has 1 heterocycles. The number of hydrogen-bond donors (Lipinski definition) is 1. The molecule has 0 aliphatic carbocycles. The van der Waals surface area contributed by atoms with Crippen molar-refractivity contribution in [3.63, 3.8) is 0 Å². The lowest BCUT2D eigenvalue weighted by molar-refractivity contribution is -0.152. The van der Waals surface area contributed by atoms with Crippen LogP contribution in [0.4, 0.5) is 13.2 Å². The van der Waals surface area contributed by atoms with Crippen molar-refractivity contribution in [2.75, 3.05) is 13.6 Å². The van der Waals surface area contributed by atoms with Gasteiger partial charge in [0.1, 0.15) is 5.75 Å². The molecule has 0 saturated heterocycles. The number of carboxylic acid groups (broad SMARTS) is 1. The fraction of sp³-hybridized carbons (Fsp3) is 0.321. The number of carbonyl (C=O) groups is 2. The average Bonchev–Trinajstić information content (AvgIpc) is 2.83. The SMILES string of the molecule is Cc1nc(-c2ccc(C(F)(F)F)cc2)ccc1CC(=O)N(C)CCc1ccc(OC(C)(C)C(=O)O)cc1. The summed E-state index contributed by atoms with van der Waals surface area (Å²) >= 11 is 0. The van der Waals surface area contributed by atoms with Gasteiger partial charge in [0.05, 0.1) is 17.7 Å². The van der Waals surface area contributed by atoms with Gasteiger partial charge >= 0.3 is 12.1 Å². The first-order valence-corrected chi connectivity index (χ1v) is 11.7. The summed E-state index contributed by atoms with van der Waals surface area (Å²) in [5.74, 6) is -0.699. The molecule has 196 valence electrons. The number of ether oxygens (including phenoxy) is 1. The van der Waals surface area contributed by atoms with Gasteiger partial charge in [-0.05, 0) is 68.7 Å². The molecule has 9 heteroatoms. The molecule has 3 aromatic rings. The predicted octanol–water partition coefficient (Wildman–Crippen LogP) is 5.56. The lowest BCUT2D eigenvalue weighted by atomic mass is 10.0. The Morgan fingerprint density at radius 3 is 2.14 bits per heavy atom. The van der Waals surface area contributed by atoms with Gasteiger partial charge in [-0.1, -0.05) is 30.3 Å². The quantitative estimate of drug-likeness (QED) is 0.404. The number of likely N-dealkylation sites (N-methyl/N-ethyl adjacent to an activating group) is 1. The molecule has 37 heavy (non-hydrogen) atoms. The Labute approximate surface area is 213 Å². The summed E-state index contributed by atoms with van der Waals surface area (Å²) in [6.45, 7) is 5.20. The summed E-state index contributed by atoms with van der Waals surface area (Å²) < 4.78 is 43.9. The van der Waals surface area contributed by atoms with E-state index >= 15 is 0 Å². The molecule has 0 atom stereocenters. The van der Waals surface area contributed by atoms with Gasteiger partial charge in [0.25, 0.3) is 0 Å². The average molecular weight is 515 g/mol. The van der Waals surface area contributed by atoms with Gasteiger partial charge in [0.15, 0.2) is 5.60 Å². The molecule has 0 fully saturated rings. The summed E-state index contributed by atoms with van der Waals surface area (Å²) in [4.78, 5) is 30.1. The van der Waals surface area contributed by atoms with Crippen LogP contribution in [-0.2, 0) is 28.6 Å². The number of aromatic nitrogens is 1. The van der Waals surface area contributed by atoms with Crippen LogP contribution >= 0.6 is 0 Å². The molecule has 0 radical (unpaired) electrons. The van der Waals surface area contributed by atoms with Gasteiger partial charge < -0.3 is 14.7 Å². The van der Waals surface area contributed by atoms with Crippen molar-refractivity contribution >= 4 is 11.9 Å². The maximum Gasteiger partial charge on any atom is 0.416 e. The highest BCUT2D eigenvalue weighted by Gasteiger charge is 2.30. The van der Waals surface area contributed by atoms with E-state index in [2.05, 4.69) is 4.98 Å². The second-order valence-corrected chi connectivity index (χ2v) is 9.32. The first kappa shape index (κ1) is 27.7. The molecule has 3 rings (SSSR count). The minimum Gasteiger partial charge on any atom is -0.478 e. The monoisotopic (exact) mass is 514 g/mol. The van der Waals surface area contributed by atoms with Crippen molar-refractivity contribution in [2.45, 2.75) is 45.4 Å². The zero-order chi connectivity index (χ0) is 27.4. The lowest BCUT2D eigenvalue weighted by Gasteiger charge is -2.21. The standard InChI is InChI=1S/C28H29F3N2O4/c1-18-21(9-14-24(32-18)20-7-10-22(11-8-20)28(29,30)31)17-25(34)33(4)16-15-19-5-12-23(13-6-19)37-27(2,3)26(35)36/h5-14H,15-17H2,1-4H3,(H,35,36). The first-order valence-electron chi connectivity index (χ1n) is 11.7. The van der Waals surface area contributed by atoms with Crippen molar-refractivity contribution in [1.29, 1.82) is 0 Å². The number of amides is 1. The topological polar surface area (TPSA) is 79.7 Å². The number of carbonyl (C=O) groups excluding carboxylic acids is 1. The highest BCUT2D eigenvalue weighted by atomic mass is 19.4. The Balaban J connectivity index is 1.56. The zero-order valence-electron chi connectivity index (χ0n) is 21.1. The summed E-state index contributed by atoms with van der Waals surface area (Å²) in [7, 11) is 1.72. The Hall–Kier alpha value is -3.88. The van der Waals surface area contributed by atoms with Crippen LogP contribution in [0.3, 0.4) is 0 Å². The highest BCUT2D eigenvalue weighted by Crippen LogP contribution is 2.31. The number of nitrogens with zero attached hydrogens (tertiary/aromatic N) is 2. The molecule has 1 N–H and O–H groups in total. The van der Waals surface area contributed by atoms with Gasteiger partial charge in [-0.15, -0.1) is 0 Å². The van der Waals surface area contributed by atoms with Crippen molar-refractivity contribution in [1.82, 2.24) is 9.88 Å². The van der Waals surface area contributed by atoms with Crippen molar-refractivity contribution in [3.8, 4) is 17.0 Å². The van der Waals surface area contributed by atoms with Crippen LogP contribution in [0.2, 0.25) is 0 Å². The van der Waals surface area contributed by atoms with Crippen molar-refractivity contribution < 1.29 is 32.6 Å². The Bertz CT molecular complexity index is 1250. The van der Waals surface area contributed by atoms with Crippen LogP contribution in [0, 0.1) is 6.92 Å². The third-order valence-electron chi connectivity index (χ3n) is 6.02. The minimum absolute atomic E-state index is 0.0876. The van der Waals surface area contributed by atoms with E-state index < -0.39 is 23.3 Å². The fourth-order valence-electron chi connectivity index (χ4n) is 3.55. The summed E-state index contributed by atoms with van der Waals surface area (Å²) in [6.07, 6.45) is -3.64. The number of aryl methyl sites for hydroxylation is 1. The molecular weight excluding hydrogens is 485 g/mol. The van der Waals surface area contributed by atoms with Gasteiger partial charge in [-0.2, -0.15) is 13.2 Å². The summed E-state index contributed by atoms with van der Waals surface area (Å²) in [5.41, 5.74) is 1.40. The van der Waals surface area contributed by atoms with Crippen LogP contribution in [0.5, 0.6) is 5.75 Å². The molecule has 0 spiro atoms. The molecule has 0 aliphatic rings. The number of rotatable bonds is 9. The molecule has 2 aromatic carbocycles. The fourth-order valence-corrected chi connectivity index (χ4v) is 3.55. The maximum atomic E-state index is 12.8. The van der Waals surface area contributed by atoms with Crippen LogP contribution in [-0.4, -0.2) is 46.1 Å².